The molecule has 1 heteroatoms. The quantitative estimate of drug-likeness (QED) is 0.573. The minimum Gasteiger partial charge on any atom is -0.295 e. The van der Waals surface area contributed by atoms with Crippen LogP contribution in [0.15, 0.2) is 24.8 Å². The van der Waals surface area contributed by atoms with E-state index in [9.17, 15) is 4.79 Å². The highest BCUT2D eigenvalue weighted by molar-refractivity contribution is 5.89. The second-order valence-electron chi connectivity index (χ2n) is 3.53. The van der Waals surface area contributed by atoms with Crippen molar-refractivity contribution in [2.24, 2.45) is 11.8 Å². The lowest BCUT2D eigenvalue weighted by Crippen LogP contribution is -2.06. The lowest BCUT2D eigenvalue weighted by molar-refractivity contribution is -0.114. The molecule has 0 heterocycles. The summed E-state index contributed by atoms with van der Waals surface area (Å²) in [5.41, 5.74) is 0. The fourth-order valence-corrected chi connectivity index (χ4v) is 1.59. The summed E-state index contributed by atoms with van der Waals surface area (Å²) in [5.74, 6) is 1.41. The second kappa shape index (κ2) is 4.24. The van der Waals surface area contributed by atoms with Crippen molar-refractivity contribution < 1.29 is 4.79 Å². The molecule has 0 aromatic carbocycles. The lowest BCUT2D eigenvalue weighted by Gasteiger charge is -2.16. The van der Waals surface area contributed by atoms with E-state index in [2.05, 4.69) is 13.5 Å². The van der Waals surface area contributed by atoms with Crippen molar-refractivity contribution in [2.45, 2.75) is 26.2 Å². The van der Waals surface area contributed by atoms with Gasteiger partial charge in [-0.15, -0.1) is 6.58 Å². The average Bonchev–Trinajstić information content (AvgIpc) is 2.20. The Hall–Kier alpha value is -0.850. The smallest absolute Gasteiger partial charge is 0.155 e. The van der Waals surface area contributed by atoms with Gasteiger partial charge in [-0.05, 0) is 30.8 Å². The van der Waals surface area contributed by atoms with Crippen LogP contribution in [-0.2, 0) is 4.79 Å². The van der Waals surface area contributed by atoms with Gasteiger partial charge in [-0.25, -0.2) is 0 Å². The van der Waals surface area contributed by atoms with Crippen LogP contribution in [0.1, 0.15) is 26.2 Å². The molecule has 0 N–H and O–H groups in total. The van der Waals surface area contributed by atoms with Crippen LogP contribution in [-0.4, -0.2) is 5.78 Å². The van der Waals surface area contributed by atoms with Crippen molar-refractivity contribution in [1.82, 2.24) is 0 Å². The molecule has 0 spiro atoms. The first kappa shape index (κ1) is 9.24. The van der Waals surface area contributed by atoms with E-state index in [4.69, 9.17) is 0 Å². The second-order valence-corrected chi connectivity index (χ2v) is 3.53. The monoisotopic (exact) mass is 164 g/mol. The van der Waals surface area contributed by atoms with E-state index < -0.39 is 0 Å². The minimum absolute atomic E-state index is 0.272. The Bertz CT molecular complexity index is 203. The number of carbonyl (C=O) groups is 1. The van der Waals surface area contributed by atoms with Crippen molar-refractivity contribution >= 4 is 5.78 Å². The third-order valence-corrected chi connectivity index (χ3v) is 2.55. The zero-order chi connectivity index (χ0) is 8.97. The van der Waals surface area contributed by atoms with Crippen molar-refractivity contribution in [3.8, 4) is 0 Å². The van der Waals surface area contributed by atoms with Crippen LogP contribution >= 0.6 is 0 Å². The molecule has 0 radical (unpaired) electrons. The Morgan fingerprint density at radius 3 is 3.17 bits per heavy atom. The van der Waals surface area contributed by atoms with Gasteiger partial charge < -0.3 is 0 Å². The van der Waals surface area contributed by atoms with Gasteiger partial charge in [0.1, 0.15) is 0 Å². The molecule has 0 aromatic heterocycles. The number of carbonyl (C=O) groups excluding carboxylic acids is 1. The van der Waals surface area contributed by atoms with Gasteiger partial charge >= 0.3 is 0 Å². The van der Waals surface area contributed by atoms with E-state index in [1.807, 2.05) is 12.2 Å². The first-order valence-corrected chi connectivity index (χ1v) is 4.56. The summed E-state index contributed by atoms with van der Waals surface area (Å²) in [5, 5.41) is 0. The van der Waals surface area contributed by atoms with E-state index in [-0.39, 0.29) is 5.78 Å². The molecule has 0 aromatic rings. The Morgan fingerprint density at radius 1 is 1.75 bits per heavy atom. The molecule has 0 fully saturated rings. The molecule has 0 saturated carbocycles. The molecule has 1 aliphatic carbocycles. The predicted octanol–water partition coefficient (Wildman–Crippen LogP) is 2.73. The molecule has 66 valence electrons. The largest absolute Gasteiger partial charge is 0.295 e. The van der Waals surface area contributed by atoms with Crippen LogP contribution in [0.3, 0.4) is 0 Å². The van der Waals surface area contributed by atoms with Crippen molar-refractivity contribution in [3.63, 3.8) is 0 Å². The van der Waals surface area contributed by atoms with Crippen LogP contribution < -0.4 is 0 Å². The average molecular weight is 164 g/mol. The van der Waals surface area contributed by atoms with E-state index in [1.165, 1.54) is 0 Å². The minimum atomic E-state index is 0.272. The third-order valence-electron chi connectivity index (χ3n) is 2.55. The van der Waals surface area contributed by atoms with Gasteiger partial charge in [0.2, 0.25) is 0 Å². The summed E-state index contributed by atoms with van der Waals surface area (Å²) in [6.07, 6.45) is 8.43. The summed E-state index contributed by atoms with van der Waals surface area (Å²) < 4.78 is 0. The van der Waals surface area contributed by atoms with Crippen LogP contribution in [0.25, 0.3) is 0 Å². The standard InChI is InChI=1S/C11H16O/c1-3-4-10-6-8-11(12)7-5-9(10)2/h3,6,8-10H,1,4-5,7H2,2H3/t9-,10-/m0/s1. The highest BCUT2D eigenvalue weighted by Crippen LogP contribution is 2.25. The Morgan fingerprint density at radius 2 is 2.50 bits per heavy atom. The molecular weight excluding hydrogens is 148 g/mol. The molecular formula is C11H16O. The van der Waals surface area contributed by atoms with Gasteiger partial charge in [-0.3, -0.25) is 4.79 Å². The molecule has 1 aliphatic rings. The first-order valence-electron chi connectivity index (χ1n) is 4.56. The molecule has 0 amide bonds. The molecule has 12 heavy (non-hydrogen) atoms. The maximum atomic E-state index is 11.1. The van der Waals surface area contributed by atoms with Gasteiger partial charge in [-0.1, -0.05) is 19.1 Å². The molecule has 0 aliphatic heterocycles. The van der Waals surface area contributed by atoms with Crippen LogP contribution in [0, 0.1) is 11.8 Å². The van der Waals surface area contributed by atoms with E-state index in [0.29, 0.717) is 18.3 Å². The molecule has 2 atom stereocenters. The zero-order valence-electron chi connectivity index (χ0n) is 7.62. The van der Waals surface area contributed by atoms with Crippen molar-refractivity contribution in [1.29, 1.82) is 0 Å². The summed E-state index contributed by atoms with van der Waals surface area (Å²) in [6.45, 7) is 5.93. The highest BCUT2D eigenvalue weighted by Gasteiger charge is 2.17. The first-order chi connectivity index (χ1) is 5.74. The van der Waals surface area contributed by atoms with Gasteiger partial charge in [0.05, 0.1) is 0 Å². The SMILES string of the molecule is C=CC[C@H]1C=CC(=O)CC[C@@H]1C. The Labute approximate surface area is 74.2 Å². The maximum Gasteiger partial charge on any atom is 0.155 e. The number of hydrogen-bond donors (Lipinski definition) is 0. The van der Waals surface area contributed by atoms with E-state index >= 15 is 0 Å². The normalized spacial score (nSPS) is 29.9. The van der Waals surface area contributed by atoms with E-state index in [0.717, 1.165) is 12.8 Å². The molecule has 0 unspecified atom stereocenters. The number of ketones is 1. The van der Waals surface area contributed by atoms with Crippen LogP contribution in [0.4, 0.5) is 0 Å². The van der Waals surface area contributed by atoms with Gasteiger partial charge in [0, 0.05) is 6.42 Å². The number of rotatable bonds is 2. The van der Waals surface area contributed by atoms with Gasteiger partial charge in [-0.2, -0.15) is 0 Å². The molecule has 1 rings (SSSR count). The van der Waals surface area contributed by atoms with Crippen molar-refractivity contribution in [2.75, 3.05) is 0 Å². The molecule has 0 bridgehead atoms. The van der Waals surface area contributed by atoms with E-state index in [1.54, 1.807) is 6.08 Å². The van der Waals surface area contributed by atoms with Gasteiger partial charge in [0.15, 0.2) is 5.78 Å². The summed E-state index contributed by atoms with van der Waals surface area (Å²) in [6, 6.07) is 0. The van der Waals surface area contributed by atoms with Crippen LogP contribution in [0.2, 0.25) is 0 Å². The number of allylic oxidation sites excluding steroid dienone is 3. The zero-order valence-corrected chi connectivity index (χ0v) is 7.62. The number of hydrogen-bond acceptors (Lipinski definition) is 1. The van der Waals surface area contributed by atoms with Gasteiger partial charge in [0.25, 0.3) is 0 Å². The fourth-order valence-electron chi connectivity index (χ4n) is 1.59. The third kappa shape index (κ3) is 2.33. The Balaban J connectivity index is 2.63. The maximum absolute atomic E-state index is 11.1. The van der Waals surface area contributed by atoms with Crippen molar-refractivity contribution in [3.05, 3.63) is 24.8 Å². The highest BCUT2D eigenvalue weighted by atomic mass is 16.1. The Kier molecular flexibility index (Phi) is 3.27. The molecule has 1 nitrogen and oxygen atoms in total. The predicted molar refractivity (Wildman–Crippen MR) is 50.8 cm³/mol. The fraction of sp³-hybridized carbons (Fsp3) is 0.545. The topological polar surface area (TPSA) is 17.1 Å². The van der Waals surface area contributed by atoms with Crippen LogP contribution in [0.5, 0.6) is 0 Å². The molecule has 0 saturated heterocycles. The lowest BCUT2D eigenvalue weighted by atomic mass is 9.89. The summed E-state index contributed by atoms with van der Waals surface area (Å²) in [4.78, 5) is 11.1. The summed E-state index contributed by atoms with van der Waals surface area (Å²) >= 11 is 0. The summed E-state index contributed by atoms with van der Waals surface area (Å²) in [7, 11) is 0.